The van der Waals surface area contributed by atoms with Crippen molar-refractivity contribution < 1.29 is 14.7 Å². The Morgan fingerprint density at radius 3 is 2.26 bits per heavy atom. The molecule has 0 aliphatic carbocycles. The second-order valence-electron chi connectivity index (χ2n) is 8.28. The molecule has 0 saturated carbocycles. The predicted octanol–water partition coefficient (Wildman–Crippen LogP) is 4.25. The van der Waals surface area contributed by atoms with Crippen molar-refractivity contribution >= 4 is 17.4 Å². The second kappa shape index (κ2) is 9.48. The minimum atomic E-state index is -1.32. The molecule has 5 nitrogen and oxygen atoms in total. The highest BCUT2D eigenvalue weighted by atomic mass is 16.3. The lowest BCUT2D eigenvalue weighted by molar-refractivity contribution is -0.136. The molecule has 1 amide bonds. The van der Waals surface area contributed by atoms with E-state index in [-0.39, 0.29) is 17.8 Å². The number of hydrogen-bond donors (Lipinski definition) is 2. The van der Waals surface area contributed by atoms with Gasteiger partial charge in [0.15, 0.2) is 5.78 Å². The molecule has 0 bridgehead atoms. The Morgan fingerprint density at radius 1 is 1.06 bits per heavy atom. The Bertz CT molecular complexity index is 971. The average Bonchev–Trinajstić information content (AvgIpc) is 2.73. The molecule has 1 heterocycles. The van der Waals surface area contributed by atoms with E-state index >= 15 is 0 Å². The Morgan fingerprint density at radius 2 is 1.68 bits per heavy atom. The number of allylic oxidation sites excluding steroid dienone is 1. The maximum atomic E-state index is 13.3. The van der Waals surface area contributed by atoms with Crippen LogP contribution in [0.4, 0.5) is 5.69 Å². The molecular formula is C26H32N2O3. The maximum Gasteiger partial charge on any atom is 0.261 e. The summed E-state index contributed by atoms with van der Waals surface area (Å²) in [6.45, 7) is 7.98. The molecule has 2 aromatic rings. The van der Waals surface area contributed by atoms with E-state index in [1.54, 1.807) is 18.7 Å². The number of nitrogens with one attached hydrogen (secondary N) is 1. The van der Waals surface area contributed by atoms with Crippen LogP contribution in [0.1, 0.15) is 50.8 Å². The Kier molecular flexibility index (Phi) is 6.96. The molecule has 0 spiro atoms. The van der Waals surface area contributed by atoms with Crippen molar-refractivity contribution in [2.75, 3.05) is 11.9 Å². The van der Waals surface area contributed by atoms with E-state index in [9.17, 15) is 14.7 Å². The lowest BCUT2D eigenvalue weighted by Gasteiger charge is -2.43. The minimum Gasteiger partial charge on any atom is -0.371 e. The van der Waals surface area contributed by atoms with Gasteiger partial charge in [0.05, 0.1) is 6.42 Å². The summed E-state index contributed by atoms with van der Waals surface area (Å²) in [5, 5.41) is 14.0. The van der Waals surface area contributed by atoms with Crippen LogP contribution in [-0.4, -0.2) is 34.0 Å². The number of hydrogen-bond acceptors (Lipinski definition) is 4. The van der Waals surface area contributed by atoms with Gasteiger partial charge in [-0.15, -0.1) is 0 Å². The molecule has 2 aromatic carbocycles. The lowest BCUT2D eigenvalue weighted by atomic mass is 9.91. The van der Waals surface area contributed by atoms with E-state index in [1.807, 2.05) is 62.4 Å². The van der Waals surface area contributed by atoms with E-state index in [0.717, 1.165) is 35.2 Å². The van der Waals surface area contributed by atoms with Crippen LogP contribution in [0.5, 0.6) is 0 Å². The molecular weight excluding hydrogens is 388 g/mol. The summed E-state index contributed by atoms with van der Waals surface area (Å²) < 4.78 is 0. The van der Waals surface area contributed by atoms with Gasteiger partial charge in [-0.25, -0.2) is 0 Å². The van der Waals surface area contributed by atoms with E-state index < -0.39 is 11.6 Å². The van der Waals surface area contributed by atoms with Gasteiger partial charge in [0.25, 0.3) is 5.91 Å². The predicted molar refractivity (Wildman–Crippen MR) is 124 cm³/mol. The van der Waals surface area contributed by atoms with E-state index in [4.69, 9.17) is 0 Å². The number of nitrogens with zero attached hydrogens (tertiary/aromatic N) is 1. The topological polar surface area (TPSA) is 69.6 Å². The third kappa shape index (κ3) is 4.88. The zero-order valence-electron chi connectivity index (χ0n) is 18.9. The fourth-order valence-electron chi connectivity index (χ4n) is 4.35. The van der Waals surface area contributed by atoms with Crippen LogP contribution in [0, 0.1) is 0 Å². The first-order valence-electron chi connectivity index (χ1n) is 11.0. The summed E-state index contributed by atoms with van der Waals surface area (Å²) >= 11 is 0. The van der Waals surface area contributed by atoms with Gasteiger partial charge < -0.3 is 15.3 Å². The highest BCUT2D eigenvalue weighted by molar-refractivity contribution is 6.24. The molecule has 0 radical (unpaired) electrons. The molecule has 1 aliphatic heterocycles. The van der Waals surface area contributed by atoms with E-state index in [1.165, 1.54) is 0 Å². The maximum absolute atomic E-state index is 13.3. The highest BCUT2D eigenvalue weighted by Gasteiger charge is 2.41. The highest BCUT2D eigenvalue weighted by Crippen LogP contribution is 2.32. The van der Waals surface area contributed by atoms with Gasteiger partial charge in [-0.3, -0.25) is 9.59 Å². The second-order valence-corrected chi connectivity index (χ2v) is 8.28. The van der Waals surface area contributed by atoms with E-state index in [2.05, 4.69) is 5.32 Å². The van der Waals surface area contributed by atoms with Crippen LogP contribution >= 0.6 is 0 Å². The summed E-state index contributed by atoms with van der Waals surface area (Å²) in [4.78, 5) is 27.9. The van der Waals surface area contributed by atoms with Crippen LogP contribution in [0.25, 0.3) is 0 Å². The summed E-state index contributed by atoms with van der Waals surface area (Å²) in [7, 11) is 0. The number of rotatable bonds is 7. The van der Waals surface area contributed by atoms with Gasteiger partial charge in [0, 0.05) is 17.9 Å². The molecule has 3 rings (SSSR count). The molecule has 0 saturated heterocycles. The standard InChI is InChI=1S/C26H32N2O3/c1-5-20-13-10-14-21(6-2)24(20)27-25(30)23-18(3)28(26(4,31)17-22(23)29)16-15-19-11-8-7-9-12-19/h7-14,31H,5-6,15-17H2,1-4H3,(H,27,30). The van der Waals surface area contributed by atoms with Gasteiger partial charge in [-0.05, 0) is 49.8 Å². The third-order valence-corrected chi connectivity index (χ3v) is 6.05. The normalized spacial score (nSPS) is 19.0. The van der Waals surface area contributed by atoms with Crippen molar-refractivity contribution in [1.29, 1.82) is 0 Å². The quantitative estimate of drug-likeness (QED) is 0.657. The molecule has 2 N–H and O–H groups in total. The van der Waals surface area contributed by atoms with Crippen LogP contribution in [-0.2, 0) is 28.9 Å². The number of carbonyl (C=O) groups excluding carboxylic acids is 2. The van der Waals surface area contributed by atoms with Crippen molar-refractivity contribution in [1.82, 2.24) is 4.90 Å². The van der Waals surface area contributed by atoms with Crippen molar-refractivity contribution in [3.63, 3.8) is 0 Å². The fourth-order valence-corrected chi connectivity index (χ4v) is 4.35. The summed E-state index contributed by atoms with van der Waals surface area (Å²) in [5.74, 6) is -0.735. The largest absolute Gasteiger partial charge is 0.371 e. The van der Waals surface area contributed by atoms with Crippen molar-refractivity contribution in [3.05, 3.63) is 76.5 Å². The number of anilines is 1. The average molecular weight is 421 g/mol. The Labute approximate surface area is 184 Å². The number of ketones is 1. The molecule has 1 aliphatic rings. The first-order chi connectivity index (χ1) is 14.8. The smallest absolute Gasteiger partial charge is 0.261 e. The number of Topliss-reactive ketones (excluding diaryl/α,β-unsaturated/α-hetero) is 1. The summed E-state index contributed by atoms with van der Waals surface area (Å²) in [6, 6.07) is 16.0. The molecule has 164 valence electrons. The van der Waals surface area contributed by atoms with Gasteiger partial charge in [0.2, 0.25) is 0 Å². The number of benzene rings is 2. The molecule has 5 heteroatoms. The first kappa shape index (κ1) is 22.8. The van der Waals surface area contributed by atoms with Gasteiger partial charge in [-0.2, -0.15) is 0 Å². The summed E-state index contributed by atoms with van der Waals surface area (Å²) in [5.41, 5.74) is 3.34. The Balaban J connectivity index is 1.91. The fraction of sp³-hybridized carbons (Fsp3) is 0.385. The SMILES string of the molecule is CCc1cccc(CC)c1NC(=O)C1=C(C)N(CCc2ccccc2)C(C)(O)CC1=O. The molecule has 31 heavy (non-hydrogen) atoms. The number of carbonyl (C=O) groups is 2. The zero-order chi connectivity index (χ0) is 22.6. The molecule has 0 aromatic heterocycles. The van der Waals surface area contributed by atoms with Crippen molar-refractivity contribution in [2.45, 2.75) is 59.1 Å². The van der Waals surface area contributed by atoms with Crippen LogP contribution < -0.4 is 5.32 Å². The van der Waals surface area contributed by atoms with Gasteiger partial charge in [-0.1, -0.05) is 62.4 Å². The third-order valence-electron chi connectivity index (χ3n) is 6.05. The monoisotopic (exact) mass is 420 g/mol. The van der Waals surface area contributed by atoms with Crippen LogP contribution in [0.2, 0.25) is 0 Å². The van der Waals surface area contributed by atoms with Gasteiger partial charge in [0.1, 0.15) is 11.3 Å². The number of aryl methyl sites for hydroxylation is 2. The molecule has 1 unspecified atom stereocenters. The zero-order valence-corrected chi connectivity index (χ0v) is 18.9. The van der Waals surface area contributed by atoms with Crippen LogP contribution in [0.3, 0.4) is 0 Å². The van der Waals surface area contributed by atoms with Crippen molar-refractivity contribution in [2.24, 2.45) is 0 Å². The van der Waals surface area contributed by atoms with E-state index in [0.29, 0.717) is 18.7 Å². The number of amides is 1. The molecule has 1 atom stereocenters. The molecule has 0 fully saturated rings. The van der Waals surface area contributed by atoms with Crippen molar-refractivity contribution in [3.8, 4) is 0 Å². The van der Waals surface area contributed by atoms with Crippen LogP contribution in [0.15, 0.2) is 59.8 Å². The minimum absolute atomic E-state index is 0.113. The number of aliphatic hydroxyl groups is 1. The van der Waals surface area contributed by atoms with Gasteiger partial charge >= 0.3 is 0 Å². The lowest BCUT2D eigenvalue weighted by Crippen LogP contribution is -2.52. The number of para-hydroxylation sites is 1. The first-order valence-corrected chi connectivity index (χ1v) is 11.0. The Hall–Kier alpha value is -2.92. The summed E-state index contributed by atoms with van der Waals surface area (Å²) in [6.07, 6.45) is 2.16.